The van der Waals surface area contributed by atoms with E-state index in [0.29, 0.717) is 40.3 Å². The lowest BCUT2D eigenvalue weighted by Gasteiger charge is -2.15. The molecule has 0 unspecified atom stereocenters. The summed E-state index contributed by atoms with van der Waals surface area (Å²) < 4.78 is 18.1. The molecule has 0 fully saturated rings. The predicted molar refractivity (Wildman–Crippen MR) is 143 cm³/mol. The first-order valence-corrected chi connectivity index (χ1v) is 12.3. The molecule has 0 amide bonds. The van der Waals surface area contributed by atoms with Crippen molar-refractivity contribution < 1.29 is 19.0 Å². The Morgan fingerprint density at radius 3 is 2.65 bits per heavy atom. The fraction of sp³-hybridized carbons (Fsp3) is 0.154. The van der Waals surface area contributed by atoms with Crippen LogP contribution in [0.1, 0.15) is 29.2 Å². The van der Waals surface area contributed by atoms with Crippen molar-refractivity contribution >= 4 is 63.7 Å². The summed E-state index contributed by atoms with van der Waals surface area (Å²) in [5.41, 5.74) is 3.63. The fourth-order valence-electron chi connectivity index (χ4n) is 3.38. The second kappa shape index (κ2) is 10.8. The van der Waals surface area contributed by atoms with E-state index in [-0.39, 0.29) is 11.6 Å². The Balaban J connectivity index is 1.62. The molecule has 0 saturated carbocycles. The molecule has 8 heteroatoms. The van der Waals surface area contributed by atoms with Crippen LogP contribution in [0.25, 0.3) is 6.08 Å². The van der Waals surface area contributed by atoms with Crippen LogP contribution in [0.5, 0.6) is 11.5 Å². The molecule has 174 valence electrons. The summed E-state index contributed by atoms with van der Waals surface area (Å²) in [6, 6.07) is 16.8. The van der Waals surface area contributed by atoms with Gasteiger partial charge in [0.1, 0.15) is 6.61 Å². The van der Waals surface area contributed by atoms with Gasteiger partial charge in [-0.05, 0) is 84.0 Å². The summed E-state index contributed by atoms with van der Waals surface area (Å²) in [7, 11) is 0. The molecular weight excluding hydrogens is 588 g/mol. The number of ether oxygens (including phenoxy) is 3. The SMILES string of the molecule is CCOc1cc(/C=C2\N=C(c3ccc(Cl)cc3Cl)OC2=O)cc(I)c1OCc1cccc(C)c1. The average molecular weight is 608 g/mol. The maximum atomic E-state index is 12.5. The van der Waals surface area contributed by atoms with E-state index in [1.807, 2.05) is 44.2 Å². The van der Waals surface area contributed by atoms with Crippen molar-refractivity contribution in [1.82, 2.24) is 0 Å². The van der Waals surface area contributed by atoms with E-state index >= 15 is 0 Å². The monoisotopic (exact) mass is 607 g/mol. The average Bonchev–Trinajstić information content (AvgIpc) is 3.13. The molecule has 3 aromatic rings. The van der Waals surface area contributed by atoms with Crippen LogP contribution in [0, 0.1) is 10.5 Å². The normalized spacial score (nSPS) is 14.2. The molecule has 0 aliphatic carbocycles. The third-order valence-electron chi connectivity index (χ3n) is 4.88. The van der Waals surface area contributed by atoms with Gasteiger partial charge in [-0.1, -0.05) is 53.0 Å². The number of rotatable bonds is 7. The zero-order chi connectivity index (χ0) is 24.2. The lowest BCUT2D eigenvalue weighted by atomic mass is 10.1. The van der Waals surface area contributed by atoms with Gasteiger partial charge in [0.15, 0.2) is 17.2 Å². The van der Waals surface area contributed by atoms with Gasteiger partial charge in [-0.3, -0.25) is 0 Å². The Hall–Kier alpha value is -2.55. The van der Waals surface area contributed by atoms with Crippen molar-refractivity contribution in [2.45, 2.75) is 20.5 Å². The quantitative estimate of drug-likeness (QED) is 0.162. The van der Waals surface area contributed by atoms with Gasteiger partial charge >= 0.3 is 5.97 Å². The van der Waals surface area contributed by atoms with Crippen LogP contribution >= 0.6 is 45.8 Å². The number of halogens is 3. The van der Waals surface area contributed by atoms with E-state index in [4.69, 9.17) is 37.4 Å². The Morgan fingerprint density at radius 1 is 1.09 bits per heavy atom. The third-order valence-corrected chi connectivity index (χ3v) is 6.23. The van der Waals surface area contributed by atoms with E-state index in [0.717, 1.165) is 14.7 Å². The first kappa shape index (κ1) is 24.6. The van der Waals surface area contributed by atoms with Crippen molar-refractivity contribution in [2.24, 2.45) is 4.99 Å². The van der Waals surface area contributed by atoms with Gasteiger partial charge in [-0.15, -0.1) is 0 Å². The molecule has 3 aromatic carbocycles. The molecule has 5 nitrogen and oxygen atoms in total. The van der Waals surface area contributed by atoms with Crippen LogP contribution in [0.15, 0.2) is 65.3 Å². The van der Waals surface area contributed by atoms with Gasteiger partial charge in [-0.25, -0.2) is 9.79 Å². The Morgan fingerprint density at radius 2 is 1.91 bits per heavy atom. The van der Waals surface area contributed by atoms with Gasteiger partial charge in [0, 0.05) is 5.02 Å². The third kappa shape index (κ3) is 5.74. The van der Waals surface area contributed by atoms with Crippen molar-refractivity contribution in [3.8, 4) is 11.5 Å². The van der Waals surface area contributed by atoms with Gasteiger partial charge in [0.05, 0.1) is 20.8 Å². The molecule has 1 aliphatic heterocycles. The Kier molecular flexibility index (Phi) is 7.80. The highest BCUT2D eigenvalue weighted by atomic mass is 127. The summed E-state index contributed by atoms with van der Waals surface area (Å²) >= 11 is 14.4. The molecule has 0 spiro atoms. The topological polar surface area (TPSA) is 57.1 Å². The van der Waals surface area contributed by atoms with E-state index in [2.05, 4.69) is 33.6 Å². The second-order valence-electron chi connectivity index (χ2n) is 7.50. The number of aliphatic imine (C=N–C) groups is 1. The lowest BCUT2D eigenvalue weighted by Crippen LogP contribution is -2.06. The van der Waals surface area contributed by atoms with Crippen LogP contribution in [0.2, 0.25) is 10.0 Å². The van der Waals surface area contributed by atoms with E-state index in [1.165, 1.54) is 5.56 Å². The number of carbonyl (C=O) groups excluding carboxylic acids is 1. The first-order chi connectivity index (χ1) is 16.3. The summed E-state index contributed by atoms with van der Waals surface area (Å²) in [6.07, 6.45) is 1.65. The Bertz CT molecular complexity index is 1320. The molecule has 0 atom stereocenters. The number of nitrogens with zero attached hydrogens (tertiary/aromatic N) is 1. The molecule has 1 heterocycles. The predicted octanol–water partition coefficient (Wildman–Crippen LogP) is 7.23. The smallest absolute Gasteiger partial charge is 0.363 e. The summed E-state index contributed by atoms with van der Waals surface area (Å²) in [5.74, 6) is 0.812. The van der Waals surface area contributed by atoms with Crippen molar-refractivity contribution in [2.75, 3.05) is 6.61 Å². The highest BCUT2D eigenvalue weighted by Crippen LogP contribution is 2.36. The van der Waals surface area contributed by atoms with Crippen LogP contribution in [-0.4, -0.2) is 18.5 Å². The molecule has 0 bridgehead atoms. The second-order valence-corrected chi connectivity index (χ2v) is 9.51. The van der Waals surface area contributed by atoms with Crippen molar-refractivity contribution in [3.05, 3.63) is 96.2 Å². The zero-order valence-electron chi connectivity index (χ0n) is 18.4. The van der Waals surface area contributed by atoms with Gasteiger partial charge in [0.2, 0.25) is 5.90 Å². The molecule has 4 rings (SSSR count). The summed E-state index contributed by atoms with van der Waals surface area (Å²) in [6.45, 7) is 4.84. The number of aryl methyl sites for hydroxylation is 1. The maximum absolute atomic E-state index is 12.5. The number of esters is 1. The Labute approximate surface area is 221 Å². The number of cyclic esters (lactones) is 1. The van der Waals surface area contributed by atoms with Gasteiger partial charge in [-0.2, -0.15) is 0 Å². The first-order valence-electron chi connectivity index (χ1n) is 10.5. The molecule has 34 heavy (non-hydrogen) atoms. The number of hydrogen-bond donors (Lipinski definition) is 0. The van der Waals surface area contributed by atoms with Gasteiger partial charge in [0.25, 0.3) is 0 Å². The molecule has 0 radical (unpaired) electrons. The van der Waals surface area contributed by atoms with Crippen LogP contribution in [0.4, 0.5) is 0 Å². The highest BCUT2D eigenvalue weighted by molar-refractivity contribution is 14.1. The minimum atomic E-state index is -0.561. The van der Waals surface area contributed by atoms with Crippen molar-refractivity contribution in [3.63, 3.8) is 0 Å². The molecule has 1 aliphatic rings. The maximum Gasteiger partial charge on any atom is 0.363 e. The zero-order valence-corrected chi connectivity index (χ0v) is 22.1. The summed E-state index contributed by atoms with van der Waals surface area (Å²) in [4.78, 5) is 16.8. The standard InChI is InChI=1S/C26H20Cl2INO4/c1-3-32-23-12-17(10-21(29)24(23)33-14-16-6-4-5-15(2)9-16)11-22-26(31)34-25(30-22)19-8-7-18(27)13-20(19)28/h4-13H,3,14H2,1-2H3/b22-11-. The van der Waals surface area contributed by atoms with Gasteiger partial charge < -0.3 is 14.2 Å². The van der Waals surface area contributed by atoms with Crippen LogP contribution in [-0.2, 0) is 16.1 Å². The number of carbonyl (C=O) groups is 1. The largest absolute Gasteiger partial charge is 0.490 e. The summed E-state index contributed by atoms with van der Waals surface area (Å²) in [5, 5.41) is 0.834. The fourth-order valence-corrected chi connectivity index (χ4v) is 4.65. The van der Waals surface area contributed by atoms with E-state index in [1.54, 1.807) is 24.3 Å². The van der Waals surface area contributed by atoms with Crippen LogP contribution in [0.3, 0.4) is 0 Å². The van der Waals surface area contributed by atoms with Crippen molar-refractivity contribution in [1.29, 1.82) is 0 Å². The minimum absolute atomic E-state index is 0.135. The number of benzene rings is 3. The number of hydrogen-bond acceptors (Lipinski definition) is 5. The van der Waals surface area contributed by atoms with Crippen LogP contribution < -0.4 is 9.47 Å². The minimum Gasteiger partial charge on any atom is -0.490 e. The van der Waals surface area contributed by atoms with E-state index < -0.39 is 5.97 Å². The molecule has 0 aromatic heterocycles. The highest BCUT2D eigenvalue weighted by Gasteiger charge is 2.26. The molecule has 0 N–H and O–H groups in total. The van der Waals surface area contributed by atoms with E-state index in [9.17, 15) is 4.79 Å². The lowest BCUT2D eigenvalue weighted by molar-refractivity contribution is -0.129. The molecule has 0 saturated heterocycles. The molecular formula is C26H20Cl2INO4.